The number of anilines is 1. The Morgan fingerprint density at radius 2 is 1.85 bits per heavy atom. The average Bonchev–Trinajstić information content (AvgIpc) is 2.88. The number of nitrogens with zero attached hydrogens (tertiary/aromatic N) is 1. The number of hydrogen-bond acceptors (Lipinski definition) is 1. The molecule has 2 heteroatoms. The molecule has 0 aliphatic carbocycles. The van der Waals surface area contributed by atoms with Gasteiger partial charge in [0.05, 0.1) is 0 Å². The molecule has 0 bridgehead atoms. The van der Waals surface area contributed by atoms with Crippen LogP contribution in [0.2, 0.25) is 0 Å². The van der Waals surface area contributed by atoms with E-state index in [-0.39, 0.29) is 0 Å². The Balaban J connectivity index is 1.79. The maximum Gasteiger partial charge on any atom is 0.0489 e. The number of nitrogens with one attached hydrogen (secondary N) is 1. The number of rotatable bonds is 1. The standard InChI is InChI=1S/C18H18N2/c1-13-6-5-9-15-16-12-20(14-7-3-2-4-8-14)11-10-17(16)19-18(13)15/h2-9,19H,10-12H2,1H3. The number of para-hydroxylation sites is 2. The lowest BCUT2D eigenvalue weighted by Crippen LogP contribution is -2.29. The number of aromatic nitrogens is 1. The summed E-state index contributed by atoms with van der Waals surface area (Å²) >= 11 is 0. The summed E-state index contributed by atoms with van der Waals surface area (Å²) in [4.78, 5) is 6.10. The molecule has 20 heavy (non-hydrogen) atoms. The summed E-state index contributed by atoms with van der Waals surface area (Å²) in [5, 5.41) is 1.39. The topological polar surface area (TPSA) is 19.0 Å². The second kappa shape index (κ2) is 4.41. The highest BCUT2D eigenvalue weighted by Crippen LogP contribution is 2.31. The highest BCUT2D eigenvalue weighted by Gasteiger charge is 2.21. The highest BCUT2D eigenvalue weighted by atomic mass is 15.1. The van der Waals surface area contributed by atoms with Gasteiger partial charge in [-0.25, -0.2) is 0 Å². The molecule has 0 unspecified atom stereocenters. The van der Waals surface area contributed by atoms with E-state index in [9.17, 15) is 0 Å². The summed E-state index contributed by atoms with van der Waals surface area (Å²) in [5.41, 5.74) is 6.86. The molecule has 0 spiro atoms. The smallest absolute Gasteiger partial charge is 0.0489 e. The molecular formula is C18H18N2. The molecule has 1 N–H and O–H groups in total. The molecule has 0 saturated heterocycles. The molecule has 4 rings (SSSR count). The highest BCUT2D eigenvalue weighted by molar-refractivity contribution is 5.87. The van der Waals surface area contributed by atoms with E-state index in [4.69, 9.17) is 0 Å². The van der Waals surface area contributed by atoms with Gasteiger partial charge in [-0.05, 0) is 24.6 Å². The van der Waals surface area contributed by atoms with E-state index in [1.54, 1.807) is 0 Å². The van der Waals surface area contributed by atoms with Gasteiger partial charge in [-0.1, -0.05) is 36.4 Å². The third-order valence-corrected chi connectivity index (χ3v) is 4.34. The summed E-state index contributed by atoms with van der Waals surface area (Å²) in [6, 6.07) is 17.3. The van der Waals surface area contributed by atoms with Crippen LogP contribution in [-0.2, 0) is 13.0 Å². The molecule has 0 fully saturated rings. The molecule has 0 radical (unpaired) electrons. The largest absolute Gasteiger partial charge is 0.367 e. The van der Waals surface area contributed by atoms with Crippen molar-refractivity contribution in [2.45, 2.75) is 19.9 Å². The van der Waals surface area contributed by atoms with Gasteiger partial charge < -0.3 is 9.88 Å². The zero-order chi connectivity index (χ0) is 13.5. The molecule has 0 amide bonds. The lowest BCUT2D eigenvalue weighted by Gasteiger charge is -2.29. The van der Waals surface area contributed by atoms with Crippen molar-refractivity contribution in [2.24, 2.45) is 0 Å². The molecule has 0 saturated carbocycles. The fourth-order valence-corrected chi connectivity index (χ4v) is 3.24. The maximum atomic E-state index is 3.63. The van der Waals surface area contributed by atoms with Crippen molar-refractivity contribution in [2.75, 3.05) is 11.4 Å². The van der Waals surface area contributed by atoms with Gasteiger partial charge in [0.1, 0.15) is 0 Å². The molecule has 1 aromatic heterocycles. The van der Waals surface area contributed by atoms with Gasteiger partial charge in [0, 0.05) is 47.4 Å². The van der Waals surface area contributed by atoms with Crippen LogP contribution in [-0.4, -0.2) is 11.5 Å². The number of aryl methyl sites for hydroxylation is 1. The Hall–Kier alpha value is -2.22. The van der Waals surface area contributed by atoms with Crippen LogP contribution in [0.3, 0.4) is 0 Å². The monoisotopic (exact) mass is 262 g/mol. The van der Waals surface area contributed by atoms with Crippen molar-refractivity contribution >= 4 is 16.6 Å². The molecule has 0 atom stereocenters. The fourth-order valence-electron chi connectivity index (χ4n) is 3.24. The van der Waals surface area contributed by atoms with Crippen LogP contribution < -0.4 is 4.90 Å². The van der Waals surface area contributed by atoms with E-state index in [1.807, 2.05) is 0 Å². The minimum Gasteiger partial charge on any atom is -0.367 e. The second-order valence-corrected chi connectivity index (χ2v) is 5.59. The zero-order valence-electron chi connectivity index (χ0n) is 11.7. The minimum atomic E-state index is 1.00. The van der Waals surface area contributed by atoms with E-state index in [1.165, 1.54) is 33.4 Å². The SMILES string of the molecule is Cc1cccc2c3c([nH]c12)CCN(c1ccccc1)C3. The summed E-state index contributed by atoms with van der Waals surface area (Å²) in [7, 11) is 0. The van der Waals surface area contributed by atoms with E-state index >= 15 is 0 Å². The predicted octanol–water partition coefficient (Wildman–Crippen LogP) is 4.04. The Kier molecular flexibility index (Phi) is 2.56. The van der Waals surface area contributed by atoms with Gasteiger partial charge in [-0.2, -0.15) is 0 Å². The van der Waals surface area contributed by atoms with Crippen molar-refractivity contribution in [3.63, 3.8) is 0 Å². The number of fused-ring (bicyclic) bond motifs is 3. The lowest BCUT2D eigenvalue weighted by molar-refractivity contribution is 0.726. The van der Waals surface area contributed by atoms with Crippen LogP contribution in [0.15, 0.2) is 48.5 Å². The molecule has 2 nitrogen and oxygen atoms in total. The van der Waals surface area contributed by atoms with Gasteiger partial charge in [0.25, 0.3) is 0 Å². The van der Waals surface area contributed by atoms with E-state index in [2.05, 4.69) is 65.3 Å². The van der Waals surface area contributed by atoms with Gasteiger partial charge in [-0.3, -0.25) is 0 Å². The third kappa shape index (κ3) is 1.72. The Labute approximate surface area is 119 Å². The van der Waals surface area contributed by atoms with Crippen molar-refractivity contribution in [1.29, 1.82) is 0 Å². The van der Waals surface area contributed by atoms with Crippen LogP contribution in [0.4, 0.5) is 5.69 Å². The van der Waals surface area contributed by atoms with Crippen LogP contribution in [0.25, 0.3) is 10.9 Å². The predicted molar refractivity (Wildman–Crippen MR) is 84.2 cm³/mol. The van der Waals surface area contributed by atoms with Crippen LogP contribution in [0, 0.1) is 6.92 Å². The van der Waals surface area contributed by atoms with Crippen LogP contribution in [0.5, 0.6) is 0 Å². The number of aromatic amines is 1. The molecule has 3 aromatic rings. The van der Waals surface area contributed by atoms with Crippen molar-refractivity contribution in [3.05, 3.63) is 65.4 Å². The number of H-pyrrole nitrogens is 1. The third-order valence-electron chi connectivity index (χ3n) is 4.34. The first-order chi connectivity index (χ1) is 9.83. The Bertz CT molecular complexity index is 756. The first-order valence-corrected chi connectivity index (χ1v) is 7.22. The average molecular weight is 262 g/mol. The molecular weight excluding hydrogens is 244 g/mol. The second-order valence-electron chi connectivity index (χ2n) is 5.59. The van der Waals surface area contributed by atoms with E-state index in [0.717, 1.165) is 19.5 Å². The first-order valence-electron chi connectivity index (χ1n) is 7.22. The lowest BCUT2D eigenvalue weighted by atomic mass is 10.0. The van der Waals surface area contributed by atoms with Crippen molar-refractivity contribution in [1.82, 2.24) is 4.98 Å². The molecule has 2 heterocycles. The summed E-state index contributed by atoms with van der Waals surface area (Å²) in [5.74, 6) is 0. The quantitative estimate of drug-likeness (QED) is 0.701. The van der Waals surface area contributed by atoms with Gasteiger partial charge >= 0.3 is 0 Å². The van der Waals surface area contributed by atoms with Crippen molar-refractivity contribution < 1.29 is 0 Å². The summed E-state index contributed by atoms with van der Waals surface area (Å²) in [6.45, 7) is 4.27. The van der Waals surface area contributed by atoms with Crippen LogP contribution in [0.1, 0.15) is 16.8 Å². The molecule has 1 aliphatic rings. The minimum absolute atomic E-state index is 1.00. The van der Waals surface area contributed by atoms with Gasteiger partial charge in [0.2, 0.25) is 0 Å². The van der Waals surface area contributed by atoms with E-state index < -0.39 is 0 Å². The maximum absolute atomic E-state index is 3.63. The zero-order valence-corrected chi connectivity index (χ0v) is 11.7. The van der Waals surface area contributed by atoms with Gasteiger partial charge in [0.15, 0.2) is 0 Å². The summed E-state index contributed by atoms with van der Waals surface area (Å²) < 4.78 is 0. The molecule has 100 valence electrons. The van der Waals surface area contributed by atoms with Crippen molar-refractivity contribution in [3.8, 4) is 0 Å². The fraction of sp³-hybridized carbons (Fsp3) is 0.222. The Morgan fingerprint density at radius 1 is 1.00 bits per heavy atom. The van der Waals surface area contributed by atoms with Crippen LogP contribution >= 0.6 is 0 Å². The number of hydrogen-bond donors (Lipinski definition) is 1. The molecule has 1 aliphatic heterocycles. The first kappa shape index (κ1) is 11.6. The number of benzene rings is 2. The Morgan fingerprint density at radius 3 is 2.70 bits per heavy atom. The summed E-state index contributed by atoms with van der Waals surface area (Å²) in [6.07, 6.45) is 1.10. The van der Waals surface area contributed by atoms with Gasteiger partial charge in [-0.15, -0.1) is 0 Å². The van der Waals surface area contributed by atoms with E-state index in [0.29, 0.717) is 0 Å². The molecule has 2 aromatic carbocycles. The normalized spacial score (nSPS) is 14.6.